The molecule has 0 aliphatic rings. The van der Waals surface area contributed by atoms with Gasteiger partial charge in [0, 0.05) is 0 Å². The summed E-state index contributed by atoms with van der Waals surface area (Å²) in [6.45, 7) is 5.46. The molecule has 0 unspecified atom stereocenters. The normalized spacial score (nSPS) is 10.5. The number of nitrogens with two attached hydrogens (primary N) is 1. The van der Waals surface area contributed by atoms with E-state index in [2.05, 4.69) is 38.1 Å². The van der Waals surface area contributed by atoms with Gasteiger partial charge in [-0.25, -0.2) is 0 Å². The lowest BCUT2D eigenvalue weighted by atomic mass is 10.1. The van der Waals surface area contributed by atoms with Crippen LogP contribution in [0.1, 0.15) is 22.3 Å². The molecule has 0 saturated carbocycles. The van der Waals surface area contributed by atoms with E-state index in [0.29, 0.717) is 13.2 Å². The molecule has 0 bridgehead atoms. The van der Waals surface area contributed by atoms with Crippen molar-refractivity contribution >= 4 is 0 Å². The zero-order chi connectivity index (χ0) is 13.7. The number of para-hydroxylation sites is 1. The Labute approximate surface area is 115 Å². The van der Waals surface area contributed by atoms with E-state index in [1.54, 1.807) is 0 Å². The van der Waals surface area contributed by atoms with Crippen molar-refractivity contribution in [2.24, 2.45) is 5.73 Å². The molecule has 2 rings (SSSR count). The molecule has 2 aromatic carbocycles. The molecule has 0 spiro atoms. The second-order valence-electron chi connectivity index (χ2n) is 4.93. The summed E-state index contributed by atoms with van der Waals surface area (Å²) in [7, 11) is 0. The standard InChI is InChI=1S/C17H21NO/c1-13-9-14(2)11-15(10-13)12-19-17-6-4-3-5-16(17)7-8-18/h3-6,9-11H,7-8,12,18H2,1-2H3. The highest BCUT2D eigenvalue weighted by Crippen LogP contribution is 2.20. The lowest BCUT2D eigenvalue weighted by molar-refractivity contribution is 0.303. The SMILES string of the molecule is Cc1cc(C)cc(COc2ccccc2CCN)c1. The minimum Gasteiger partial charge on any atom is -0.489 e. The molecule has 0 aromatic heterocycles. The van der Waals surface area contributed by atoms with Gasteiger partial charge in [-0.3, -0.25) is 0 Å². The summed E-state index contributed by atoms with van der Waals surface area (Å²) in [5.74, 6) is 0.937. The Morgan fingerprint density at radius 3 is 2.37 bits per heavy atom. The van der Waals surface area contributed by atoms with Crippen LogP contribution in [0.4, 0.5) is 0 Å². The predicted octanol–water partition coefficient (Wildman–Crippen LogP) is 3.38. The second kappa shape index (κ2) is 6.39. The fourth-order valence-electron chi connectivity index (χ4n) is 2.32. The molecule has 19 heavy (non-hydrogen) atoms. The van der Waals surface area contributed by atoms with Gasteiger partial charge in [-0.05, 0) is 44.0 Å². The third kappa shape index (κ3) is 3.83. The lowest BCUT2D eigenvalue weighted by Gasteiger charge is -2.11. The van der Waals surface area contributed by atoms with Gasteiger partial charge in [-0.15, -0.1) is 0 Å². The van der Waals surface area contributed by atoms with Crippen LogP contribution >= 0.6 is 0 Å². The summed E-state index contributed by atoms with van der Waals surface area (Å²) >= 11 is 0. The van der Waals surface area contributed by atoms with Gasteiger partial charge >= 0.3 is 0 Å². The molecule has 0 aliphatic heterocycles. The van der Waals surface area contributed by atoms with Crippen molar-refractivity contribution in [3.8, 4) is 5.75 Å². The fraction of sp³-hybridized carbons (Fsp3) is 0.294. The highest BCUT2D eigenvalue weighted by Gasteiger charge is 2.03. The van der Waals surface area contributed by atoms with Gasteiger partial charge in [-0.2, -0.15) is 0 Å². The molecule has 0 atom stereocenters. The zero-order valence-electron chi connectivity index (χ0n) is 11.6. The van der Waals surface area contributed by atoms with E-state index in [9.17, 15) is 0 Å². The molecule has 2 N–H and O–H groups in total. The van der Waals surface area contributed by atoms with Gasteiger partial charge in [0.15, 0.2) is 0 Å². The van der Waals surface area contributed by atoms with Crippen LogP contribution < -0.4 is 10.5 Å². The van der Waals surface area contributed by atoms with Crippen LogP contribution in [0.3, 0.4) is 0 Å². The van der Waals surface area contributed by atoms with Crippen LogP contribution in [-0.4, -0.2) is 6.54 Å². The van der Waals surface area contributed by atoms with E-state index in [1.807, 2.05) is 18.2 Å². The molecule has 0 fully saturated rings. The Hall–Kier alpha value is -1.80. The summed E-state index contributed by atoms with van der Waals surface area (Å²) in [6.07, 6.45) is 0.850. The number of ether oxygens (including phenoxy) is 1. The molecule has 100 valence electrons. The van der Waals surface area contributed by atoms with Crippen molar-refractivity contribution < 1.29 is 4.74 Å². The van der Waals surface area contributed by atoms with Crippen LogP contribution in [0.15, 0.2) is 42.5 Å². The number of benzene rings is 2. The van der Waals surface area contributed by atoms with Crippen LogP contribution in [0, 0.1) is 13.8 Å². The Balaban J connectivity index is 2.09. The molecule has 2 heteroatoms. The Kier molecular flexibility index (Phi) is 4.58. The summed E-state index contributed by atoms with van der Waals surface area (Å²) in [4.78, 5) is 0. The van der Waals surface area contributed by atoms with Gasteiger partial charge in [0.05, 0.1) is 0 Å². The van der Waals surface area contributed by atoms with Crippen molar-refractivity contribution in [1.29, 1.82) is 0 Å². The van der Waals surface area contributed by atoms with Crippen LogP contribution in [0.25, 0.3) is 0 Å². The largest absolute Gasteiger partial charge is 0.489 e. The summed E-state index contributed by atoms with van der Waals surface area (Å²) < 4.78 is 5.93. The minimum absolute atomic E-state index is 0.601. The van der Waals surface area contributed by atoms with E-state index in [0.717, 1.165) is 12.2 Å². The average Bonchev–Trinajstić information content (AvgIpc) is 2.37. The van der Waals surface area contributed by atoms with E-state index in [4.69, 9.17) is 10.5 Å². The first-order valence-corrected chi connectivity index (χ1v) is 6.67. The molecule has 2 aromatic rings. The third-order valence-corrected chi connectivity index (χ3v) is 3.06. The fourth-order valence-corrected chi connectivity index (χ4v) is 2.32. The van der Waals surface area contributed by atoms with Crippen LogP contribution in [0.2, 0.25) is 0 Å². The van der Waals surface area contributed by atoms with Crippen LogP contribution in [-0.2, 0) is 13.0 Å². The maximum absolute atomic E-state index is 5.93. The first-order valence-electron chi connectivity index (χ1n) is 6.67. The lowest BCUT2D eigenvalue weighted by Crippen LogP contribution is -2.05. The van der Waals surface area contributed by atoms with Gasteiger partial charge in [-0.1, -0.05) is 47.5 Å². The van der Waals surface area contributed by atoms with Gasteiger partial charge in [0.2, 0.25) is 0 Å². The Morgan fingerprint density at radius 1 is 1.00 bits per heavy atom. The minimum atomic E-state index is 0.601. The van der Waals surface area contributed by atoms with Gasteiger partial charge < -0.3 is 10.5 Å². The smallest absolute Gasteiger partial charge is 0.123 e. The first kappa shape index (κ1) is 13.6. The molecule has 2 nitrogen and oxygen atoms in total. The summed E-state index contributed by atoms with van der Waals surface area (Å²) in [6, 6.07) is 14.6. The van der Waals surface area contributed by atoms with Crippen molar-refractivity contribution in [3.63, 3.8) is 0 Å². The number of hydrogen-bond donors (Lipinski definition) is 1. The third-order valence-electron chi connectivity index (χ3n) is 3.06. The highest BCUT2D eigenvalue weighted by molar-refractivity contribution is 5.34. The van der Waals surface area contributed by atoms with E-state index >= 15 is 0 Å². The van der Waals surface area contributed by atoms with E-state index < -0.39 is 0 Å². The maximum Gasteiger partial charge on any atom is 0.123 e. The van der Waals surface area contributed by atoms with E-state index in [-0.39, 0.29) is 0 Å². The number of rotatable bonds is 5. The highest BCUT2D eigenvalue weighted by atomic mass is 16.5. The molecular formula is C17H21NO. The topological polar surface area (TPSA) is 35.2 Å². The molecule has 0 aliphatic carbocycles. The van der Waals surface area contributed by atoms with Crippen molar-refractivity contribution in [1.82, 2.24) is 0 Å². The summed E-state index contributed by atoms with van der Waals surface area (Å²) in [5.41, 5.74) is 10.5. The van der Waals surface area contributed by atoms with Crippen molar-refractivity contribution in [2.45, 2.75) is 26.9 Å². The quantitative estimate of drug-likeness (QED) is 0.889. The molecular weight excluding hydrogens is 234 g/mol. The molecule has 0 amide bonds. The van der Waals surface area contributed by atoms with E-state index in [1.165, 1.54) is 22.3 Å². The van der Waals surface area contributed by atoms with Gasteiger partial charge in [0.25, 0.3) is 0 Å². The first-order chi connectivity index (χ1) is 9.19. The zero-order valence-corrected chi connectivity index (χ0v) is 11.6. The molecule has 0 heterocycles. The monoisotopic (exact) mass is 255 g/mol. The maximum atomic E-state index is 5.93. The van der Waals surface area contributed by atoms with Crippen LogP contribution in [0.5, 0.6) is 5.75 Å². The predicted molar refractivity (Wildman–Crippen MR) is 79.4 cm³/mol. The number of hydrogen-bond acceptors (Lipinski definition) is 2. The van der Waals surface area contributed by atoms with Crippen molar-refractivity contribution in [3.05, 3.63) is 64.7 Å². The number of aryl methyl sites for hydroxylation is 2. The van der Waals surface area contributed by atoms with Crippen molar-refractivity contribution in [2.75, 3.05) is 6.54 Å². The summed E-state index contributed by atoms with van der Waals surface area (Å²) in [5, 5.41) is 0. The van der Waals surface area contributed by atoms with Gasteiger partial charge in [0.1, 0.15) is 12.4 Å². The Bertz CT molecular complexity index is 528. The molecule has 0 saturated heterocycles. The molecule has 0 radical (unpaired) electrons. The average molecular weight is 255 g/mol. The Morgan fingerprint density at radius 2 is 1.68 bits per heavy atom. The second-order valence-corrected chi connectivity index (χ2v) is 4.93.